The van der Waals surface area contributed by atoms with Crippen molar-refractivity contribution >= 4 is 12.4 Å². The zero-order chi connectivity index (χ0) is 11.6. The van der Waals surface area contributed by atoms with Gasteiger partial charge in [-0.3, -0.25) is 0 Å². The van der Waals surface area contributed by atoms with Crippen molar-refractivity contribution in [2.75, 3.05) is 0 Å². The van der Waals surface area contributed by atoms with Gasteiger partial charge < -0.3 is 5.73 Å². The fourth-order valence-corrected chi connectivity index (χ4v) is 4.91. The van der Waals surface area contributed by atoms with E-state index in [-0.39, 0.29) is 12.4 Å². The lowest BCUT2D eigenvalue weighted by atomic mass is 9.47. The van der Waals surface area contributed by atoms with Crippen LogP contribution in [0.5, 0.6) is 0 Å². The molecule has 1 atom stereocenters. The first kappa shape index (κ1) is 13.5. The van der Waals surface area contributed by atoms with Crippen LogP contribution in [0.15, 0.2) is 0 Å². The minimum Gasteiger partial charge on any atom is -0.320 e. The number of hydrogen-bond acceptors (Lipinski definition) is 1. The number of rotatable bonds is 1. The van der Waals surface area contributed by atoms with Gasteiger partial charge in [-0.25, -0.2) is 0 Å². The Balaban J connectivity index is 0.00000108. The predicted molar refractivity (Wildman–Crippen MR) is 61.9 cm³/mol. The Bertz CT molecular complexity index is 267. The lowest BCUT2D eigenvalue weighted by Gasteiger charge is -2.58. The highest BCUT2D eigenvalue weighted by atomic mass is 35.5. The Hall–Kier alpha value is 0.0400. The number of alkyl halides is 3. The second-order valence-electron chi connectivity index (χ2n) is 6.30. The summed E-state index contributed by atoms with van der Waals surface area (Å²) in [5, 5.41) is 0. The van der Waals surface area contributed by atoms with Gasteiger partial charge in [0.1, 0.15) is 6.04 Å². The first-order valence-electron chi connectivity index (χ1n) is 6.21. The fourth-order valence-electron chi connectivity index (χ4n) is 4.91. The summed E-state index contributed by atoms with van der Waals surface area (Å²) in [5.74, 6) is 1.58. The van der Waals surface area contributed by atoms with Crippen LogP contribution in [0.1, 0.15) is 38.5 Å². The summed E-state index contributed by atoms with van der Waals surface area (Å²) in [6.45, 7) is 0. The maximum Gasteiger partial charge on any atom is 0.404 e. The van der Waals surface area contributed by atoms with Crippen molar-refractivity contribution in [3.63, 3.8) is 0 Å². The van der Waals surface area contributed by atoms with Crippen molar-refractivity contribution in [2.45, 2.75) is 50.7 Å². The highest BCUT2D eigenvalue weighted by Crippen LogP contribution is 2.62. The molecule has 17 heavy (non-hydrogen) atoms. The van der Waals surface area contributed by atoms with Crippen LogP contribution in [-0.4, -0.2) is 12.2 Å². The Morgan fingerprint density at radius 1 is 0.941 bits per heavy atom. The van der Waals surface area contributed by atoms with Crippen molar-refractivity contribution in [3.8, 4) is 0 Å². The maximum absolute atomic E-state index is 12.8. The maximum atomic E-state index is 12.8. The summed E-state index contributed by atoms with van der Waals surface area (Å²) in [6.07, 6.45) is 1.42. The van der Waals surface area contributed by atoms with Gasteiger partial charge in [-0.15, -0.1) is 12.4 Å². The van der Waals surface area contributed by atoms with Crippen molar-refractivity contribution in [1.82, 2.24) is 0 Å². The smallest absolute Gasteiger partial charge is 0.320 e. The molecule has 0 aromatic heterocycles. The summed E-state index contributed by atoms with van der Waals surface area (Å²) in [5.41, 5.74) is 4.92. The van der Waals surface area contributed by atoms with Crippen LogP contribution in [0.2, 0.25) is 0 Å². The van der Waals surface area contributed by atoms with Crippen LogP contribution in [0.25, 0.3) is 0 Å². The lowest BCUT2D eigenvalue weighted by molar-refractivity contribution is -0.202. The Morgan fingerprint density at radius 3 is 1.59 bits per heavy atom. The molecule has 0 heterocycles. The van der Waals surface area contributed by atoms with E-state index in [0.717, 1.165) is 38.5 Å². The Kier molecular flexibility index (Phi) is 3.19. The van der Waals surface area contributed by atoms with Gasteiger partial charge in [0.05, 0.1) is 0 Å². The van der Waals surface area contributed by atoms with E-state index >= 15 is 0 Å². The molecule has 4 aliphatic carbocycles. The van der Waals surface area contributed by atoms with Crippen LogP contribution in [-0.2, 0) is 0 Å². The van der Waals surface area contributed by atoms with Crippen molar-refractivity contribution in [3.05, 3.63) is 0 Å². The summed E-state index contributed by atoms with van der Waals surface area (Å²) < 4.78 is 38.5. The zero-order valence-corrected chi connectivity index (χ0v) is 10.5. The molecule has 0 spiro atoms. The largest absolute Gasteiger partial charge is 0.404 e. The minimum atomic E-state index is -4.22. The third-order valence-corrected chi connectivity index (χ3v) is 5.10. The molecule has 5 heteroatoms. The minimum absolute atomic E-state index is 0. The van der Waals surface area contributed by atoms with Crippen LogP contribution >= 0.6 is 12.4 Å². The van der Waals surface area contributed by atoms with Gasteiger partial charge in [-0.2, -0.15) is 13.2 Å². The molecule has 2 N–H and O–H groups in total. The molecule has 0 aliphatic heterocycles. The summed E-state index contributed by atoms with van der Waals surface area (Å²) in [6, 6.07) is -1.59. The summed E-state index contributed by atoms with van der Waals surface area (Å²) in [7, 11) is 0. The van der Waals surface area contributed by atoms with E-state index in [1.165, 1.54) is 0 Å². The van der Waals surface area contributed by atoms with Gasteiger partial charge in [-0.05, 0) is 61.7 Å². The molecule has 4 aliphatic rings. The third kappa shape index (κ3) is 2.07. The van der Waals surface area contributed by atoms with Gasteiger partial charge in [0, 0.05) is 0 Å². The van der Waals surface area contributed by atoms with E-state index in [4.69, 9.17) is 5.73 Å². The van der Waals surface area contributed by atoms with Gasteiger partial charge in [0.15, 0.2) is 0 Å². The van der Waals surface area contributed by atoms with Gasteiger partial charge in [-0.1, -0.05) is 0 Å². The van der Waals surface area contributed by atoms with E-state index in [9.17, 15) is 13.2 Å². The normalized spacial score (nSPS) is 45.5. The molecule has 0 amide bonds. The van der Waals surface area contributed by atoms with Crippen LogP contribution in [0.4, 0.5) is 13.2 Å². The molecule has 1 nitrogen and oxygen atoms in total. The van der Waals surface area contributed by atoms with Gasteiger partial charge >= 0.3 is 6.18 Å². The zero-order valence-electron chi connectivity index (χ0n) is 9.67. The average Bonchev–Trinajstić information content (AvgIpc) is 2.12. The second kappa shape index (κ2) is 4.02. The van der Waals surface area contributed by atoms with E-state index in [1.54, 1.807) is 0 Å². The van der Waals surface area contributed by atoms with E-state index in [1.807, 2.05) is 0 Å². The van der Waals surface area contributed by atoms with Gasteiger partial charge in [0.2, 0.25) is 0 Å². The molecule has 100 valence electrons. The van der Waals surface area contributed by atoms with Crippen molar-refractivity contribution < 1.29 is 13.2 Å². The molecule has 4 rings (SSSR count). The molecular formula is C12H19ClF3N. The van der Waals surface area contributed by atoms with Crippen molar-refractivity contribution in [2.24, 2.45) is 28.9 Å². The first-order valence-corrected chi connectivity index (χ1v) is 6.21. The van der Waals surface area contributed by atoms with Crippen LogP contribution in [0, 0.1) is 23.2 Å². The third-order valence-electron chi connectivity index (χ3n) is 5.10. The predicted octanol–water partition coefficient (Wildman–Crippen LogP) is 3.51. The van der Waals surface area contributed by atoms with Gasteiger partial charge in [0.25, 0.3) is 0 Å². The molecule has 0 aromatic rings. The lowest BCUT2D eigenvalue weighted by Crippen LogP contribution is -2.59. The highest BCUT2D eigenvalue weighted by molar-refractivity contribution is 5.85. The highest BCUT2D eigenvalue weighted by Gasteiger charge is 2.59. The SMILES string of the molecule is Cl.NC(C(F)(F)F)C12CC3CC(CC(C3)C1)C2. The van der Waals surface area contributed by atoms with E-state index in [0.29, 0.717) is 17.8 Å². The molecule has 0 saturated heterocycles. The van der Waals surface area contributed by atoms with Crippen LogP contribution < -0.4 is 5.73 Å². The molecule has 0 aromatic carbocycles. The van der Waals surface area contributed by atoms with Crippen molar-refractivity contribution in [1.29, 1.82) is 0 Å². The summed E-state index contributed by atoms with van der Waals surface area (Å²) in [4.78, 5) is 0. The molecule has 4 fully saturated rings. The molecule has 4 bridgehead atoms. The molecule has 1 unspecified atom stereocenters. The van der Waals surface area contributed by atoms with E-state index < -0.39 is 17.6 Å². The molecule has 0 radical (unpaired) electrons. The topological polar surface area (TPSA) is 26.0 Å². The molecule has 4 saturated carbocycles. The van der Waals surface area contributed by atoms with E-state index in [2.05, 4.69) is 0 Å². The standard InChI is InChI=1S/C12H18F3N.ClH/c13-12(14,15)10(16)11-4-7-1-8(5-11)3-9(2-7)6-11;/h7-10H,1-6,16H2;1H. The second-order valence-corrected chi connectivity index (χ2v) is 6.30. The Labute approximate surface area is 106 Å². The monoisotopic (exact) mass is 269 g/mol. The Morgan fingerprint density at radius 2 is 1.29 bits per heavy atom. The first-order chi connectivity index (χ1) is 7.39. The summed E-state index contributed by atoms with van der Waals surface area (Å²) >= 11 is 0. The van der Waals surface area contributed by atoms with Crippen LogP contribution in [0.3, 0.4) is 0 Å². The number of nitrogens with two attached hydrogens (primary N) is 1. The molecular weight excluding hydrogens is 251 g/mol. The number of halogens is 4. The number of hydrogen-bond donors (Lipinski definition) is 1. The fraction of sp³-hybridized carbons (Fsp3) is 1.00. The quantitative estimate of drug-likeness (QED) is 0.774. The average molecular weight is 270 g/mol.